The van der Waals surface area contributed by atoms with Crippen LogP contribution in [0.25, 0.3) is 10.9 Å². The summed E-state index contributed by atoms with van der Waals surface area (Å²) in [6.45, 7) is 4.26. The third kappa shape index (κ3) is 4.22. The molecule has 0 radical (unpaired) electrons. The number of nitrogens with one attached hydrogen (secondary N) is 2. The van der Waals surface area contributed by atoms with Crippen LogP contribution in [0.1, 0.15) is 15.9 Å². The number of H-pyrrole nitrogens is 1. The van der Waals surface area contributed by atoms with Gasteiger partial charge in [0.25, 0.3) is 11.5 Å². The SMILES string of the molecule is C=CCn1c(=S)[nH]c2cc(C(=O)NCc3ccc(OC)c(OC)c3)ccc2c1=O. The number of amides is 1. The number of fused-ring (bicyclic) bond motifs is 1. The standard InChI is InChI=1S/C21H21N3O4S/c1-4-9-24-20(26)15-7-6-14(11-16(15)23-21(24)29)19(25)22-12-13-5-8-17(27-2)18(10-13)28-3/h4-8,10-11H,1,9,12H2,2-3H3,(H,22,25)(H,23,29). The highest BCUT2D eigenvalue weighted by atomic mass is 32.1. The smallest absolute Gasteiger partial charge is 0.262 e. The number of benzene rings is 2. The van der Waals surface area contributed by atoms with Crippen LogP contribution in [-0.4, -0.2) is 29.7 Å². The Morgan fingerprint density at radius 2 is 1.97 bits per heavy atom. The number of allylic oxidation sites excluding steroid dienone is 1. The number of carbonyl (C=O) groups is 1. The van der Waals surface area contributed by atoms with Gasteiger partial charge in [-0.1, -0.05) is 12.1 Å². The fraction of sp³-hybridized carbons (Fsp3) is 0.190. The molecule has 1 aromatic heterocycles. The molecule has 1 heterocycles. The first-order valence-corrected chi connectivity index (χ1v) is 9.26. The summed E-state index contributed by atoms with van der Waals surface area (Å²) in [7, 11) is 3.12. The molecule has 0 atom stereocenters. The van der Waals surface area contributed by atoms with Gasteiger partial charge in [0.2, 0.25) is 0 Å². The van der Waals surface area contributed by atoms with Crippen molar-refractivity contribution in [2.24, 2.45) is 0 Å². The van der Waals surface area contributed by atoms with E-state index in [1.165, 1.54) is 4.57 Å². The van der Waals surface area contributed by atoms with Gasteiger partial charge in [-0.25, -0.2) is 0 Å². The predicted octanol–water partition coefficient (Wildman–Crippen LogP) is 3.19. The minimum Gasteiger partial charge on any atom is -0.493 e. The summed E-state index contributed by atoms with van der Waals surface area (Å²) in [6, 6.07) is 10.3. The van der Waals surface area contributed by atoms with Crippen molar-refractivity contribution in [2.75, 3.05) is 14.2 Å². The quantitative estimate of drug-likeness (QED) is 0.461. The van der Waals surface area contributed by atoms with Crippen LogP contribution in [0.4, 0.5) is 0 Å². The molecule has 1 amide bonds. The number of methoxy groups -OCH3 is 2. The van der Waals surface area contributed by atoms with E-state index in [-0.39, 0.29) is 16.2 Å². The van der Waals surface area contributed by atoms with Crippen LogP contribution in [0.5, 0.6) is 11.5 Å². The van der Waals surface area contributed by atoms with E-state index in [1.807, 2.05) is 6.07 Å². The first-order valence-electron chi connectivity index (χ1n) is 8.85. The van der Waals surface area contributed by atoms with E-state index in [1.54, 1.807) is 50.6 Å². The van der Waals surface area contributed by atoms with Gasteiger partial charge in [0.05, 0.1) is 25.1 Å². The molecule has 0 unspecified atom stereocenters. The Balaban J connectivity index is 1.82. The fourth-order valence-corrected chi connectivity index (χ4v) is 3.23. The van der Waals surface area contributed by atoms with Crippen LogP contribution in [0.3, 0.4) is 0 Å². The maximum atomic E-state index is 12.6. The number of hydrogen-bond donors (Lipinski definition) is 2. The molecular weight excluding hydrogens is 390 g/mol. The zero-order valence-electron chi connectivity index (χ0n) is 16.2. The molecule has 29 heavy (non-hydrogen) atoms. The molecule has 2 aromatic carbocycles. The molecule has 3 rings (SSSR count). The van der Waals surface area contributed by atoms with Gasteiger partial charge in [-0.05, 0) is 48.1 Å². The third-order valence-corrected chi connectivity index (χ3v) is 4.78. The largest absolute Gasteiger partial charge is 0.493 e. The van der Waals surface area contributed by atoms with Gasteiger partial charge in [-0.3, -0.25) is 14.2 Å². The van der Waals surface area contributed by atoms with E-state index in [0.717, 1.165) is 5.56 Å². The lowest BCUT2D eigenvalue weighted by Crippen LogP contribution is -2.24. The molecule has 150 valence electrons. The van der Waals surface area contributed by atoms with E-state index in [2.05, 4.69) is 16.9 Å². The molecule has 0 fully saturated rings. The Labute approximate surface area is 172 Å². The minimum absolute atomic E-state index is 0.221. The van der Waals surface area contributed by atoms with E-state index in [4.69, 9.17) is 21.7 Å². The summed E-state index contributed by atoms with van der Waals surface area (Å²) in [5.41, 5.74) is 1.58. The van der Waals surface area contributed by atoms with Crippen molar-refractivity contribution in [1.29, 1.82) is 0 Å². The molecule has 0 spiro atoms. The van der Waals surface area contributed by atoms with Crippen LogP contribution in [0, 0.1) is 4.77 Å². The van der Waals surface area contributed by atoms with E-state index in [0.29, 0.717) is 41.1 Å². The summed E-state index contributed by atoms with van der Waals surface area (Å²) in [5, 5.41) is 3.31. The zero-order valence-corrected chi connectivity index (χ0v) is 17.0. The van der Waals surface area contributed by atoms with E-state index in [9.17, 15) is 9.59 Å². The topological polar surface area (TPSA) is 85.3 Å². The van der Waals surface area contributed by atoms with E-state index < -0.39 is 0 Å². The number of rotatable bonds is 7. The molecule has 7 nitrogen and oxygen atoms in total. The summed E-state index contributed by atoms with van der Waals surface area (Å²) in [5.74, 6) is 0.944. The molecule has 8 heteroatoms. The maximum absolute atomic E-state index is 12.6. The number of ether oxygens (including phenoxy) is 2. The molecule has 0 saturated carbocycles. The lowest BCUT2D eigenvalue weighted by atomic mass is 10.1. The van der Waals surface area contributed by atoms with Crippen molar-refractivity contribution in [2.45, 2.75) is 13.1 Å². The summed E-state index contributed by atoms with van der Waals surface area (Å²) in [4.78, 5) is 28.1. The van der Waals surface area contributed by atoms with Crippen molar-refractivity contribution >= 4 is 29.0 Å². The second-order valence-corrected chi connectivity index (χ2v) is 6.65. The Hall–Kier alpha value is -3.39. The van der Waals surface area contributed by atoms with Crippen LogP contribution in [0.15, 0.2) is 53.8 Å². The Bertz CT molecular complexity index is 1200. The average Bonchev–Trinajstić information content (AvgIpc) is 2.74. The van der Waals surface area contributed by atoms with Gasteiger partial charge in [0, 0.05) is 18.7 Å². The molecule has 0 aliphatic carbocycles. The normalized spacial score (nSPS) is 10.6. The van der Waals surface area contributed by atoms with Crippen LogP contribution in [0.2, 0.25) is 0 Å². The lowest BCUT2D eigenvalue weighted by Gasteiger charge is -2.11. The highest BCUT2D eigenvalue weighted by Gasteiger charge is 2.11. The summed E-state index contributed by atoms with van der Waals surface area (Å²) in [6.07, 6.45) is 1.60. The molecular formula is C21H21N3O4S. The van der Waals surface area contributed by atoms with Crippen molar-refractivity contribution < 1.29 is 14.3 Å². The Kier molecular flexibility index (Phi) is 6.13. The number of hydrogen-bond acceptors (Lipinski definition) is 5. The first-order chi connectivity index (χ1) is 14.0. The third-order valence-electron chi connectivity index (χ3n) is 4.46. The monoisotopic (exact) mass is 411 g/mol. The van der Waals surface area contributed by atoms with Crippen LogP contribution in [-0.2, 0) is 13.1 Å². The van der Waals surface area contributed by atoms with Crippen molar-refractivity contribution in [3.63, 3.8) is 0 Å². The molecule has 0 aliphatic rings. The maximum Gasteiger partial charge on any atom is 0.262 e. The van der Waals surface area contributed by atoms with E-state index >= 15 is 0 Å². The Morgan fingerprint density at radius 3 is 2.66 bits per heavy atom. The highest BCUT2D eigenvalue weighted by Crippen LogP contribution is 2.27. The summed E-state index contributed by atoms with van der Waals surface area (Å²) < 4.78 is 12.2. The number of aromatic nitrogens is 2. The first kappa shape index (κ1) is 20.3. The minimum atomic E-state index is -0.267. The predicted molar refractivity (Wildman–Crippen MR) is 114 cm³/mol. The second-order valence-electron chi connectivity index (χ2n) is 6.27. The van der Waals surface area contributed by atoms with Gasteiger partial charge < -0.3 is 19.8 Å². The van der Waals surface area contributed by atoms with Gasteiger partial charge >= 0.3 is 0 Å². The average molecular weight is 411 g/mol. The van der Waals surface area contributed by atoms with Gasteiger partial charge in [-0.2, -0.15) is 0 Å². The number of nitrogens with zero attached hydrogens (tertiary/aromatic N) is 1. The highest BCUT2D eigenvalue weighted by molar-refractivity contribution is 7.71. The molecule has 0 aliphatic heterocycles. The van der Waals surface area contributed by atoms with Gasteiger partial charge in [0.1, 0.15) is 0 Å². The zero-order chi connectivity index (χ0) is 21.0. The second kappa shape index (κ2) is 8.74. The van der Waals surface area contributed by atoms with Crippen molar-refractivity contribution in [1.82, 2.24) is 14.9 Å². The number of aromatic amines is 1. The molecule has 0 saturated heterocycles. The van der Waals surface area contributed by atoms with Gasteiger partial charge in [-0.15, -0.1) is 6.58 Å². The number of carbonyl (C=O) groups excluding carboxylic acids is 1. The van der Waals surface area contributed by atoms with Gasteiger partial charge in [0.15, 0.2) is 16.3 Å². The van der Waals surface area contributed by atoms with Crippen LogP contribution < -0.4 is 20.3 Å². The Morgan fingerprint density at radius 1 is 1.21 bits per heavy atom. The lowest BCUT2D eigenvalue weighted by molar-refractivity contribution is 0.0951. The summed E-state index contributed by atoms with van der Waals surface area (Å²) >= 11 is 5.24. The molecule has 3 aromatic rings. The molecule has 0 bridgehead atoms. The van der Waals surface area contributed by atoms with Crippen LogP contribution >= 0.6 is 12.2 Å². The van der Waals surface area contributed by atoms with Crippen molar-refractivity contribution in [3.05, 3.63) is 75.3 Å². The molecule has 2 N–H and O–H groups in total. The van der Waals surface area contributed by atoms with Crippen molar-refractivity contribution in [3.8, 4) is 11.5 Å². The fourth-order valence-electron chi connectivity index (χ4n) is 2.97.